The number of likely N-dealkylation sites (N-methyl/N-ethyl adjacent to an activating group) is 1. The molecule has 0 saturated carbocycles. The van der Waals surface area contributed by atoms with Crippen LogP contribution in [0.1, 0.15) is 25.8 Å². The van der Waals surface area contributed by atoms with Gasteiger partial charge in [-0.05, 0) is 32.5 Å². The lowest BCUT2D eigenvalue weighted by atomic mass is 10.0. The summed E-state index contributed by atoms with van der Waals surface area (Å²) in [5.41, 5.74) is 1.30. The first-order valence-electron chi connectivity index (χ1n) is 7.02. The highest BCUT2D eigenvalue weighted by Gasteiger charge is 2.15. The van der Waals surface area contributed by atoms with E-state index in [1.807, 2.05) is 19.9 Å². The molecule has 0 aliphatic carbocycles. The third kappa shape index (κ3) is 5.43. The highest BCUT2D eigenvalue weighted by molar-refractivity contribution is 5.78. The molecule has 0 fully saturated rings. The molecule has 3 heteroatoms. The maximum Gasteiger partial charge on any atom is 0.222 e. The normalized spacial score (nSPS) is 14.2. The molecule has 0 bridgehead atoms. The van der Waals surface area contributed by atoms with Crippen molar-refractivity contribution in [1.82, 2.24) is 10.2 Å². The molecule has 0 radical (unpaired) electrons. The van der Waals surface area contributed by atoms with Gasteiger partial charge in [-0.1, -0.05) is 44.2 Å². The van der Waals surface area contributed by atoms with Crippen LogP contribution in [0.15, 0.2) is 30.3 Å². The molecule has 0 aliphatic rings. The van der Waals surface area contributed by atoms with Crippen LogP contribution < -0.4 is 5.32 Å². The second kappa shape index (κ2) is 7.95. The van der Waals surface area contributed by atoms with Gasteiger partial charge in [-0.2, -0.15) is 0 Å². The molecule has 0 heterocycles. The molecule has 2 atom stereocenters. The largest absolute Gasteiger partial charge is 0.354 e. The van der Waals surface area contributed by atoms with Gasteiger partial charge in [0, 0.05) is 18.5 Å². The predicted molar refractivity (Wildman–Crippen MR) is 80.1 cm³/mol. The Hall–Kier alpha value is -1.35. The highest BCUT2D eigenvalue weighted by Crippen LogP contribution is 2.07. The molecule has 0 spiro atoms. The maximum absolute atomic E-state index is 11.8. The fraction of sp³-hybridized carbons (Fsp3) is 0.562. The Bertz CT molecular complexity index is 376. The van der Waals surface area contributed by atoms with Crippen molar-refractivity contribution in [2.24, 2.45) is 5.92 Å². The molecular formula is C16H26N2O. The van der Waals surface area contributed by atoms with E-state index in [1.165, 1.54) is 5.56 Å². The number of carbonyl (C=O) groups excluding carboxylic acids is 1. The van der Waals surface area contributed by atoms with Crippen LogP contribution in [-0.2, 0) is 11.2 Å². The molecule has 0 aromatic heterocycles. The van der Waals surface area contributed by atoms with Gasteiger partial charge in [0.2, 0.25) is 5.91 Å². The van der Waals surface area contributed by atoms with Crippen LogP contribution in [0.2, 0.25) is 0 Å². The Morgan fingerprint density at radius 1 is 1.26 bits per heavy atom. The molecule has 0 saturated heterocycles. The first-order chi connectivity index (χ1) is 9.04. The lowest BCUT2D eigenvalue weighted by Crippen LogP contribution is -2.43. The van der Waals surface area contributed by atoms with E-state index in [0.29, 0.717) is 12.6 Å². The van der Waals surface area contributed by atoms with Gasteiger partial charge in [-0.15, -0.1) is 0 Å². The summed E-state index contributed by atoms with van der Waals surface area (Å²) in [6, 6.07) is 10.7. The van der Waals surface area contributed by atoms with Crippen molar-refractivity contribution in [2.75, 3.05) is 20.6 Å². The van der Waals surface area contributed by atoms with Crippen LogP contribution in [0.5, 0.6) is 0 Å². The van der Waals surface area contributed by atoms with Gasteiger partial charge in [-0.25, -0.2) is 0 Å². The number of amides is 1. The van der Waals surface area contributed by atoms with Gasteiger partial charge >= 0.3 is 0 Å². The van der Waals surface area contributed by atoms with Gasteiger partial charge in [0.15, 0.2) is 0 Å². The monoisotopic (exact) mass is 262 g/mol. The minimum atomic E-state index is 0.0968. The van der Waals surface area contributed by atoms with Crippen LogP contribution in [0.4, 0.5) is 0 Å². The fourth-order valence-corrected chi connectivity index (χ4v) is 1.90. The number of nitrogens with zero attached hydrogens (tertiary/aromatic N) is 1. The van der Waals surface area contributed by atoms with E-state index < -0.39 is 0 Å². The van der Waals surface area contributed by atoms with Crippen LogP contribution in [-0.4, -0.2) is 37.5 Å². The second-order valence-corrected chi connectivity index (χ2v) is 5.36. The van der Waals surface area contributed by atoms with Crippen molar-refractivity contribution < 1.29 is 4.79 Å². The third-order valence-corrected chi connectivity index (χ3v) is 3.62. The van der Waals surface area contributed by atoms with Gasteiger partial charge in [0.05, 0.1) is 0 Å². The first kappa shape index (κ1) is 15.7. The molecular weight excluding hydrogens is 236 g/mol. The summed E-state index contributed by atoms with van der Waals surface area (Å²) in [6.45, 7) is 4.71. The van der Waals surface area contributed by atoms with Gasteiger partial charge < -0.3 is 10.2 Å². The molecule has 0 aliphatic heterocycles. The summed E-state index contributed by atoms with van der Waals surface area (Å²) in [7, 11) is 4.12. The summed E-state index contributed by atoms with van der Waals surface area (Å²) in [5.74, 6) is 0.252. The van der Waals surface area contributed by atoms with Crippen molar-refractivity contribution in [3.05, 3.63) is 35.9 Å². The topological polar surface area (TPSA) is 32.3 Å². The smallest absolute Gasteiger partial charge is 0.222 e. The van der Waals surface area contributed by atoms with E-state index in [4.69, 9.17) is 0 Å². The molecule has 1 aromatic carbocycles. The van der Waals surface area contributed by atoms with Crippen LogP contribution in [0, 0.1) is 5.92 Å². The standard InChI is InChI=1S/C16H26N2O/c1-5-13(2)16(19)17-12-15(18(3)4)11-14-9-7-6-8-10-14/h6-10,13,15H,5,11-12H2,1-4H3,(H,17,19). The van der Waals surface area contributed by atoms with E-state index in [0.717, 1.165) is 12.8 Å². The Kier molecular flexibility index (Phi) is 6.57. The number of hydrogen-bond donors (Lipinski definition) is 1. The summed E-state index contributed by atoms with van der Waals surface area (Å²) in [5, 5.41) is 3.05. The zero-order valence-corrected chi connectivity index (χ0v) is 12.5. The van der Waals surface area contributed by atoms with Crippen molar-refractivity contribution in [1.29, 1.82) is 0 Å². The molecule has 3 nitrogen and oxygen atoms in total. The Morgan fingerprint density at radius 2 is 1.89 bits per heavy atom. The average Bonchev–Trinajstić information content (AvgIpc) is 2.42. The van der Waals surface area contributed by atoms with E-state index in [1.54, 1.807) is 0 Å². The van der Waals surface area contributed by atoms with E-state index in [9.17, 15) is 4.79 Å². The van der Waals surface area contributed by atoms with Gasteiger partial charge in [0.1, 0.15) is 0 Å². The van der Waals surface area contributed by atoms with Crippen LogP contribution in [0.3, 0.4) is 0 Å². The number of carbonyl (C=O) groups is 1. The zero-order valence-electron chi connectivity index (χ0n) is 12.5. The quantitative estimate of drug-likeness (QED) is 0.818. The number of nitrogens with one attached hydrogen (secondary N) is 1. The van der Waals surface area contributed by atoms with Crippen molar-refractivity contribution >= 4 is 5.91 Å². The lowest BCUT2D eigenvalue weighted by molar-refractivity contribution is -0.124. The Labute approximate surface area is 117 Å². The minimum Gasteiger partial charge on any atom is -0.354 e. The highest BCUT2D eigenvalue weighted by atomic mass is 16.1. The third-order valence-electron chi connectivity index (χ3n) is 3.62. The molecule has 1 N–H and O–H groups in total. The number of benzene rings is 1. The zero-order chi connectivity index (χ0) is 14.3. The molecule has 106 valence electrons. The minimum absolute atomic E-state index is 0.0968. The van der Waals surface area contributed by atoms with Crippen molar-refractivity contribution in [3.63, 3.8) is 0 Å². The Balaban J connectivity index is 2.52. The number of rotatable bonds is 7. The maximum atomic E-state index is 11.8. The summed E-state index contributed by atoms with van der Waals surface area (Å²) in [6.07, 6.45) is 1.84. The van der Waals surface area contributed by atoms with Crippen LogP contribution in [0.25, 0.3) is 0 Å². The molecule has 1 amide bonds. The fourth-order valence-electron chi connectivity index (χ4n) is 1.90. The second-order valence-electron chi connectivity index (χ2n) is 5.36. The van der Waals surface area contributed by atoms with Crippen molar-refractivity contribution in [3.8, 4) is 0 Å². The molecule has 1 aromatic rings. The lowest BCUT2D eigenvalue weighted by Gasteiger charge is -2.25. The Morgan fingerprint density at radius 3 is 2.42 bits per heavy atom. The molecule has 19 heavy (non-hydrogen) atoms. The van der Waals surface area contributed by atoms with Crippen LogP contribution >= 0.6 is 0 Å². The molecule has 1 rings (SSSR count). The summed E-state index contributed by atoms with van der Waals surface area (Å²) < 4.78 is 0. The predicted octanol–water partition coefficient (Wildman–Crippen LogP) is 2.32. The SMILES string of the molecule is CCC(C)C(=O)NCC(Cc1ccccc1)N(C)C. The average molecular weight is 262 g/mol. The van der Waals surface area contributed by atoms with Gasteiger partial charge in [-0.3, -0.25) is 4.79 Å². The van der Waals surface area contributed by atoms with Gasteiger partial charge in [0.25, 0.3) is 0 Å². The number of hydrogen-bond acceptors (Lipinski definition) is 2. The van der Waals surface area contributed by atoms with E-state index in [-0.39, 0.29) is 11.8 Å². The van der Waals surface area contributed by atoms with E-state index in [2.05, 4.69) is 48.6 Å². The van der Waals surface area contributed by atoms with E-state index >= 15 is 0 Å². The summed E-state index contributed by atoms with van der Waals surface area (Å²) in [4.78, 5) is 14.0. The molecule has 2 unspecified atom stereocenters. The van der Waals surface area contributed by atoms with Crippen molar-refractivity contribution in [2.45, 2.75) is 32.7 Å². The first-order valence-corrected chi connectivity index (χ1v) is 7.02. The summed E-state index contributed by atoms with van der Waals surface area (Å²) >= 11 is 0.